The van der Waals surface area contributed by atoms with Gasteiger partial charge in [-0.1, -0.05) is 24.2 Å². The lowest BCUT2D eigenvalue weighted by atomic mass is 10.1. The molecule has 0 spiro atoms. The molecule has 1 aromatic heterocycles. The van der Waals surface area contributed by atoms with Crippen molar-refractivity contribution < 1.29 is 9.26 Å². The van der Waals surface area contributed by atoms with Crippen LogP contribution in [0.3, 0.4) is 0 Å². The molecule has 6 nitrogen and oxygen atoms in total. The summed E-state index contributed by atoms with van der Waals surface area (Å²) in [5.41, 5.74) is 1.99. The van der Waals surface area contributed by atoms with Crippen LogP contribution in [0.1, 0.15) is 44.2 Å². The minimum absolute atomic E-state index is 0.221. The lowest BCUT2D eigenvalue weighted by Crippen LogP contribution is -2.16. The number of nitriles is 1. The molecule has 6 heteroatoms. The number of anilines is 1. The summed E-state index contributed by atoms with van der Waals surface area (Å²) in [5, 5.41) is 13.3. The van der Waals surface area contributed by atoms with Gasteiger partial charge in [0.1, 0.15) is 12.6 Å². The zero-order chi connectivity index (χ0) is 15.9. The van der Waals surface area contributed by atoms with Crippen LogP contribution in [0, 0.1) is 11.5 Å². The average molecular weight is 300 g/mol. The van der Waals surface area contributed by atoms with Gasteiger partial charge in [-0.2, -0.15) is 10.2 Å². The van der Waals surface area contributed by atoms with Crippen molar-refractivity contribution in [3.05, 3.63) is 41.5 Å². The Bertz CT molecular complexity index is 648. The van der Waals surface area contributed by atoms with Crippen LogP contribution >= 0.6 is 0 Å². The predicted molar refractivity (Wildman–Crippen MR) is 82.0 cm³/mol. The van der Waals surface area contributed by atoms with Crippen LogP contribution in [-0.4, -0.2) is 16.7 Å². The van der Waals surface area contributed by atoms with E-state index < -0.39 is 0 Å². The van der Waals surface area contributed by atoms with Crippen LogP contribution in [0.5, 0.6) is 0 Å². The number of ether oxygens (including phenoxy) is 1. The van der Waals surface area contributed by atoms with E-state index in [1.807, 2.05) is 38.1 Å². The Labute approximate surface area is 130 Å². The highest BCUT2D eigenvalue weighted by Gasteiger charge is 2.16. The molecule has 0 saturated carbocycles. The van der Waals surface area contributed by atoms with E-state index in [1.165, 1.54) is 10.5 Å². The molecule has 0 aliphatic heterocycles. The van der Waals surface area contributed by atoms with Crippen LogP contribution in [0.25, 0.3) is 0 Å². The fourth-order valence-corrected chi connectivity index (χ4v) is 2.09. The van der Waals surface area contributed by atoms with Gasteiger partial charge in [-0.05, 0) is 38.0 Å². The van der Waals surface area contributed by atoms with Gasteiger partial charge in [-0.25, -0.2) is 0 Å². The average Bonchev–Trinajstić information content (AvgIpc) is 3.01. The van der Waals surface area contributed by atoms with Gasteiger partial charge in [-0.3, -0.25) is 4.90 Å². The molecule has 0 saturated heterocycles. The fraction of sp³-hybridized carbons (Fsp3) is 0.438. The molecular formula is C16H20N4O2. The van der Waals surface area contributed by atoms with E-state index in [0.29, 0.717) is 18.3 Å². The second-order valence-electron chi connectivity index (χ2n) is 4.85. The maximum atomic E-state index is 9.37. The minimum atomic E-state index is -0.221. The zero-order valence-electron chi connectivity index (χ0n) is 13.1. The van der Waals surface area contributed by atoms with E-state index >= 15 is 0 Å². The third-order valence-electron chi connectivity index (χ3n) is 3.31. The van der Waals surface area contributed by atoms with Gasteiger partial charge in [-0.15, -0.1) is 0 Å². The summed E-state index contributed by atoms with van der Waals surface area (Å²) < 4.78 is 10.6. The molecule has 116 valence electrons. The van der Waals surface area contributed by atoms with E-state index in [2.05, 4.69) is 23.3 Å². The van der Waals surface area contributed by atoms with Crippen molar-refractivity contribution in [3.63, 3.8) is 0 Å². The third kappa shape index (κ3) is 3.83. The van der Waals surface area contributed by atoms with Crippen molar-refractivity contribution in [3.8, 4) is 6.19 Å². The molecule has 2 aromatic rings. The molecule has 1 aromatic carbocycles. The minimum Gasteiger partial charge on any atom is -0.371 e. The van der Waals surface area contributed by atoms with Gasteiger partial charge < -0.3 is 9.26 Å². The number of nitrogens with zero attached hydrogens (tertiary/aromatic N) is 4. The molecule has 0 radical (unpaired) electrons. The highest BCUT2D eigenvalue weighted by molar-refractivity contribution is 5.52. The van der Waals surface area contributed by atoms with E-state index in [1.54, 1.807) is 0 Å². The van der Waals surface area contributed by atoms with Crippen molar-refractivity contribution in [2.45, 2.75) is 39.8 Å². The first kappa shape index (κ1) is 16.0. The highest BCUT2D eigenvalue weighted by atomic mass is 16.5. The molecule has 0 aliphatic rings. The molecular weight excluding hydrogens is 280 g/mol. The summed E-state index contributed by atoms with van der Waals surface area (Å²) in [6.45, 7) is 6.68. The Morgan fingerprint density at radius 1 is 1.41 bits per heavy atom. The van der Waals surface area contributed by atoms with Gasteiger partial charge in [0, 0.05) is 6.61 Å². The Balaban J connectivity index is 2.12. The molecule has 0 aliphatic carbocycles. The van der Waals surface area contributed by atoms with Gasteiger partial charge in [0.25, 0.3) is 0 Å². The number of hydrogen-bond donors (Lipinski definition) is 0. The molecule has 1 heterocycles. The first-order valence-electron chi connectivity index (χ1n) is 7.38. The summed E-state index contributed by atoms with van der Waals surface area (Å²) in [4.78, 5) is 5.82. The number of rotatable bonds is 7. The van der Waals surface area contributed by atoms with Crippen LogP contribution in [0.4, 0.5) is 5.69 Å². The second kappa shape index (κ2) is 7.57. The number of benzene rings is 1. The molecule has 1 unspecified atom stereocenters. The maximum absolute atomic E-state index is 9.37. The Hall–Kier alpha value is -2.39. The summed E-state index contributed by atoms with van der Waals surface area (Å²) >= 11 is 0. The second-order valence-corrected chi connectivity index (χ2v) is 4.85. The quantitative estimate of drug-likeness (QED) is 0.577. The summed E-state index contributed by atoms with van der Waals surface area (Å²) in [5.74, 6) is 0.891. The molecule has 2 rings (SSSR count). The fourth-order valence-electron chi connectivity index (χ4n) is 2.09. The summed E-state index contributed by atoms with van der Waals surface area (Å²) in [6, 6.07) is 7.86. The third-order valence-corrected chi connectivity index (χ3v) is 3.31. The van der Waals surface area contributed by atoms with Gasteiger partial charge in [0.15, 0.2) is 12.0 Å². The van der Waals surface area contributed by atoms with E-state index in [0.717, 1.165) is 12.1 Å². The van der Waals surface area contributed by atoms with Crippen LogP contribution in [0.15, 0.2) is 28.8 Å². The normalized spacial score (nSPS) is 11.9. The molecule has 1 atom stereocenters. The lowest BCUT2D eigenvalue weighted by Gasteiger charge is -2.14. The molecule has 22 heavy (non-hydrogen) atoms. The van der Waals surface area contributed by atoms with E-state index in [9.17, 15) is 5.26 Å². The largest absolute Gasteiger partial charge is 0.371 e. The summed E-state index contributed by atoms with van der Waals surface area (Å²) in [7, 11) is 0. The van der Waals surface area contributed by atoms with Crippen molar-refractivity contribution in [2.24, 2.45) is 0 Å². The van der Waals surface area contributed by atoms with Gasteiger partial charge in [0.2, 0.25) is 5.89 Å². The monoisotopic (exact) mass is 300 g/mol. The standard InChI is InChI=1S/C16H20N4O2/c1-4-13-7-6-8-14(9-13)20(11-17)10-15-18-16(19-22-15)12(3)21-5-2/h6-9,12H,4-5,10H2,1-3H3. The SMILES string of the molecule is CCOC(C)c1noc(CN(C#N)c2cccc(CC)c2)n1. The molecule has 0 N–H and O–H groups in total. The van der Waals surface area contributed by atoms with Crippen molar-refractivity contribution in [1.29, 1.82) is 5.26 Å². The van der Waals surface area contributed by atoms with Crippen molar-refractivity contribution in [2.75, 3.05) is 11.5 Å². The highest BCUT2D eigenvalue weighted by Crippen LogP contribution is 2.19. The first-order valence-corrected chi connectivity index (χ1v) is 7.38. The van der Waals surface area contributed by atoms with Gasteiger partial charge in [0.05, 0.1) is 5.69 Å². The first-order chi connectivity index (χ1) is 10.7. The van der Waals surface area contributed by atoms with Crippen molar-refractivity contribution >= 4 is 5.69 Å². The molecule has 0 bridgehead atoms. The van der Waals surface area contributed by atoms with Crippen LogP contribution < -0.4 is 4.90 Å². The van der Waals surface area contributed by atoms with E-state index in [-0.39, 0.29) is 12.6 Å². The van der Waals surface area contributed by atoms with Crippen LogP contribution in [0.2, 0.25) is 0 Å². The maximum Gasteiger partial charge on any atom is 0.247 e. The number of aromatic nitrogens is 2. The lowest BCUT2D eigenvalue weighted by molar-refractivity contribution is 0.0683. The van der Waals surface area contributed by atoms with Crippen LogP contribution in [-0.2, 0) is 17.7 Å². The number of aryl methyl sites for hydroxylation is 1. The Kier molecular flexibility index (Phi) is 5.50. The Morgan fingerprint density at radius 2 is 2.23 bits per heavy atom. The Morgan fingerprint density at radius 3 is 2.91 bits per heavy atom. The topological polar surface area (TPSA) is 75.2 Å². The summed E-state index contributed by atoms with van der Waals surface area (Å²) in [6.07, 6.45) is 2.86. The number of hydrogen-bond acceptors (Lipinski definition) is 6. The van der Waals surface area contributed by atoms with Gasteiger partial charge >= 0.3 is 0 Å². The molecule has 0 amide bonds. The zero-order valence-corrected chi connectivity index (χ0v) is 13.1. The smallest absolute Gasteiger partial charge is 0.247 e. The molecule has 0 fully saturated rings. The predicted octanol–water partition coefficient (Wildman–Crippen LogP) is 3.22. The van der Waals surface area contributed by atoms with E-state index in [4.69, 9.17) is 9.26 Å². The van der Waals surface area contributed by atoms with Crippen molar-refractivity contribution in [1.82, 2.24) is 10.1 Å².